The van der Waals surface area contributed by atoms with Gasteiger partial charge in [0.15, 0.2) is 11.5 Å². The van der Waals surface area contributed by atoms with Crippen molar-refractivity contribution in [3.8, 4) is 11.5 Å². The van der Waals surface area contributed by atoms with E-state index in [2.05, 4.69) is 5.32 Å². The zero-order valence-corrected chi connectivity index (χ0v) is 17.7. The van der Waals surface area contributed by atoms with Gasteiger partial charge < -0.3 is 19.9 Å². The van der Waals surface area contributed by atoms with E-state index in [1.54, 1.807) is 32.0 Å². The van der Waals surface area contributed by atoms with Crippen LogP contribution in [0.25, 0.3) is 0 Å². The van der Waals surface area contributed by atoms with Crippen molar-refractivity contribution in [2.24, 2.45) is 0 Å². The molecule has 168 valence electrons. The van der Waals surface area contributed by atoms with Crippen molar-refractivity contribution >= 4 is 11.6 Å². The number of anilines is 1. The molecule has 0 aliphatic carbocycles. The molecule has 1 aliphatic rings. The molecular weight excluding hydrogens is 394 g/mol. The number of ether oxygens (including phenoxy) is 2. The van der Waals surface area contributed by atoms with Crippen molar-refractivity contribution in [3.05, 3.63) is 53.5 Å². The molecule has 1 amide bonds. The van der Waals surface area contributed by atoms with E-state index >= 15 is 0 Å². The number of nitrogens with zero attached hydrogens (tertiary/aromatic N) is 2. The number of rotatable bonds is 9. The third-order valence-corrected chi connectivity index (χ3v) is 4.98. The van der Waals surface area contributed by atoms with Crippen molar-refractivity contribution in [3.63, 3.8) is 0 Å². The van der Waals surface area contributed by atoms with Gasteiger partial charge in [0.05, 0.1) is 24.5 Å². The second-order valence-corrected chi connectivity index (χ2v) is 7.37. The Morgan fingerprint density at radius 1 is 1.19 bits per heavy atom. The predicted molar refractivity (Wildman–Crippen MR) is 122 cm³/mol. The Morgan fingerprint density at radius 3 is 2.52 bits per heavy atom. The summed E-state index contributed by atoms with van der Waals surface area (Å²) in [5.41, 5.74) is 0.764. The molecule has 0 radical (unpaired) electrons. The molecule has 7 nitrogen and oxygen atoms in total. The number of nitrogens with one attached hydrogen (secondary N) is 1. The number of aliphatic hydroxyl groups is 1. The maximum Gasteiger partial charge on any atom is 0.238 e. The van der Waals surface area contributed by atoms with E-state index in [1.165, 1.54) is 11.0 Å². The summed E-state index contributed by atoms with van der Waals surface area (Å²) in [4.78, 5) is 16.2. The Hall–Kier alpha value is -2.61. The highest BCUT2D eigenvalue weighted by atomic mass is 16.5. The normalized spacial score (nSPS) is 20.6. The number of methoxy groups -OCH3 is 1. The third-order valence-electron chi connectivity index (χ3n) is 4.98. The molecule has 2 aromatic rings. The molecule has 3 rings (SSSR count). The molecular formula is C24H33N3O4. The van der Waals surface area contributed by atoms with Gasteiger partial charge in [-0.1, -0.05) is 30.3 Å². The van der Waals surface area contributed by atoms with Crippen molar-refractivity contribution in [2.75, 3.05) is 58.2 Å². The molecule has 0 bridgehead atoms. The van der Waals surface area contributed by atoms with Gasteiger partial charge in [-0.25, -0.2) is 0 Å². The van der Waals surface area contributed by atoms with Gasteiger partial charge in [0, 0.05) is 38.4 Å². The van der Waals surface area contributed by atoms with E-state index in [4.69, 9.17) is 20.4 Å². The zero-order chi connectivity index (χ0) is 29.1. The van der Waals surface area contributed by atoms with Gasteiger partial charge in [-0.3, -0.25) is 14.6 Å². The van der Waals surface area contributed by atoms with Crippen LogP contribution in [0.2, 0.25) is 0 Å². The van der Waals surface area contributed by atoms with E-state index < -0.39 is 25.5 Å². The average Bonchev–Trinajstić information content (AvgIpc) is 2.87. The smallest absolute Gasteiger partial charge is 0.238 e. The van der Waals surface area contributed by atoms with Gasteiger partial charge in [-0.2, -0.15) is 0 Å². The number of hydrogen-bond donors (Lipinski definition) is 2. The quantitative estimate of drug-likeness (QED) is 0.630. The van der Waals surface area contributed by atoms with Crippen molar-refractivity contribution < 1.29 is 30.3 Å². The topological polar surface area (TPSA) is 74.3 Å². The number of β-amino-alcohol motifs (C(OH)–C–C–N with tert-alkyl or cyclic N) is 1. The molecule has 2 N–H and O–H groups in total. The first-order valence-electron chi connectivity index (χ1n) is 14.1. The predicted octanol–water partition coefficient (Wildman–Crippen LogP) is 2.31. The molecule has 31 heavy (non-hydrogen) atoms. The van der Waals surface area contributed by atoms with Crippen LogP contribution in [0.15, 0.2) is 42.4 Å². The van der Waals surface area contributed by atoms with Gasteiger partial charge in [0.2, 0.25) is 5.91 Å². The molecule has 0 spiro atoms. The van der Waals surface area contributed by atoms with E-state index in [9.17, 15) is 9.90 Å². The van der Waals surface area contributed by atoms with Crippen molar-refractivity contribution in [1.29, 1.82) is 0 Å². The van der Waals surface area contributed by atoms with Crippen LogP contribution in [0.3, 0.4) is 0 Å². The van der Waals surface area contributed by atoms with Crippen LogP contribution >= 0.6 is 0 Å². The fourth-order valence-corrected chi connectivity index (χ4v) is 3.33. The highest BCUT2D eigenvalue weighted by Crippen LogP contribution is 2.25. The Morgan fingerprint density at radius 2 is 1.84 bits per heavy atom. The van der Waals surface area contributed by atoms with Gasteiger partial charge in [0.1, 0.15) is 12.7 Å². The summed E-state index contributed by atoms with van der Waals surface area (Å²) < 4.78 is 73.0. The summed E-state index contributed by atoms with van der Waals surface area (Å²) in [6.07, 6.45) is -0.915. The van der Waals surface area contributed by atoms with Gasteiger partial charge in [-0.05, 0) is 37.1 Å². The summed E-state index contributed by atoms with van der Waals surface area (Å²) >= 11 is 0. The highest BCUT2D eigenvalue weighted by Gasteiger charge is 2.21. The van der Waals surface area contributed by atoms with E-state index in [1.807, 2.05) is 4.90 Å². The molecule has 2 aromatic carbocycles. The van der Waals surface area contributed by atoms with Crippen LogP contribution in [-0.2, 0) is 4.79 Å². The molecule has 1 fully saturated rings. The number of benzene rings is 2. The lowest BCUT2D eigenvalue weighted by Gasteiger charge is -2.35. The summed E-state index contributed by atoms with van der Waals surface area (Å²) in [6, 6.07) is 5.64. The number of piperazine rings is 1. The van der Waals surface area contributed by atoms with Gasteiger partial charge in [0.25, 0.3) is 0 Å². The van der Waals surface area contributed by atoms with Crippen LogP contribution in [0.1, 0.15) is 22.1 Å². The first kappa shape index (κ1) is 14.5. The summed E-state index contributed by atoms with van der Waals surface area (Å²) in [7, 11) is -2.64. The molecule has 1 unspecified atom stereocenters. The van der Waals surface area contributed by atoms with Crippen LogP contribution in [0.5, 0.6) is 11.5 Å². The van der Waals surface area contributed by atoms with Crippen LogP contribution in [0.4, 0.5) is 5.69 Å². The van der Waals surface area contributed by atoms with E-state index in [0.717, 1.165) is 0 Å². The number of amides is 1. The fourth-order valence-electron chi connectivity index (χ4n) is 3.33. The van der Waals surface area contributed by atoms with Crippen LogP contribution in [-0.4, -0.2) is 79.8 Å². The lowest BCUT2D eigenvalue weighted by molar-refractivity contribution is -0.117. The monoisotopic (exact) mass is 435 g/mol. The minimum atomic E-state index is -2.64. The second kappa shape index (κ2) is 11.1. The molecule has 1 saturated heterocycles. The number of hydrogen-bond acceptors (Lipinski definition) is 6. The largest absolute Gasteiger partial charge is 0.493 e. The van der Waals surface area contributed by atoms with E-state index in [0.29, 0.717) is 24.2 Å². The Bertz CT molecular complexity index is 1160. The van der Waals surface area contributed by atoms with Crippen LogP contribution < -0.4 is 14.8 Å². The minimum Gasteiger partial charge on any atom is -0.493 e. The summed E-state index contributed by atoms with van der Waals surface area (Å²) in [5.74, 6) is -0.697. The molecule has 0 aromatic heterocycles. The first-order chi connectivity index (χ1) is 18.1. The Labute approximate surface area is 195 Å². The highest BCUT2D eigenvalue weighted by molar-refractivity contribution is 5.93. The first-order valence-corrected chi connectivity index (χ1v) is 10.1. The molecule has 7 heteroatoms. The number of para-hydroxylation sites is 3. The number of carbonyl (C=O) groups excluding carboxylic acids is 1. The van der Waals surface area contributed by atoms with Crippen LogP contribution in [0, 0.1) is 13.8 Å². The lowest BCUT2D eigenvalue weighted by Crippen LogP contribution is -2.50. The fraction of sp³-hybridized carbons (Fsp3) is 0.458. The summed E-state index contributed by atoms with van der Waals surface area (Å²) in [6.45, 7) is 2.00. The standard InChI is InChI=1S/C24H33N3O4/c1-18-7-6-8-19(2)24(18)25-23(29)16-27-13-11-26(12-14-27)15-20(28)17-31-22-10-5-4-9-21(22)30-3/h4-10,20,28H,11-17H2,1-3H3,(H,25,29)/i3D3,6D,7D,8D,16D2. The maximum atomic E-state index is 12.9. The van der Waals surface area contributed by atoms with Crippen molar-refractivity contribution in [2.45, 2.75) is 20.0 Å². The number of aliphatic hydroxyl groups excluding tert-OH is 1. The lowest BCUT2D eigenvalue weighted by atomic mass is 10.1. The molecule has 1 atom stereocenters. The zero-order valence-electron chi connectivity index (χ0n) is 25.7. The minimum absolute atomic E-state index is 0.0396. The number of carbonyl (C=O) groups is 1. The Balaban J connectivity index is 1.54. The summed E-state index contributed by atoms with van der Waals surface area (Å²) in [5, 5.41) is 13.0. The van der Waals surface area contributed by atoms with Crippen molar-refractivity contribution in [1.82, 2.24) is 9.80 Å². The van der Waals surface area contributed by atoms with Gasteiger partial charge >= 0.3 is 0 Å². The maximum absolute atomic E-state index is 12.9. The van der Waals surface area contributed by atoms with E-state index in [-0.39, 0.29) is 61.6 Å². The van der Waals surface area contributed by atoms with Gasteiger partial charge in [-0.15, -0.1) is 0 Å². The molecule has 0 saturated carbocycles. The second-order valence-electron chi connectivity index (χ2n) is 7.37. The SMILES string of the molecule is [2H]c1c([2H])c(C)c(NC(=O)C([2H])([2H])N2CCN(CC(O)COc3ccccc3OC([2H])([2H])[2H])CC2)c(C)c1[2H]. The molecule has 1 heterocycles. The third kappa shape index (κ3) is 6.69. The Kier molecular flexibility index (Phi) is 5.19. The molecule has 1 aliphatic heterocycles. The average molecular weight is 436 g/mol.